The van der Waals surface area contributed by atoms with Crippen molar-refractivity contribution in [3.63, 3.8) is 0 Å². The van der Waals surface area contributed by atoms with Gasteiger partial charge in [0.25, 0.3) is 0 Å². The lowest BCUT2D eigenvalue weighted by Crippen LogP contribution is -2.37. The molecule has 0 saturated heterocycles. The van der Waals surface area contributed by atoms with Crippen LogP contribution >= 0.6 is 0 Å². The van der Waals surface area contributed by atoms with E-state index in [9.17, 15) is 5.11 Å². The van der Waals surface area contributed by atoms with Crippen LogP contribution in [0.2, 0.25) is 0 Å². The van der Waals surface area contributed by atoms with E-state index in [-0.39, 0.29) is 0 Å². The van der Waals surface area contributed by atoms with E-state index in [2.05, 4.69) is 10.3 Å². The van der Waals surface area contributed by atoms with E-state index in [1.165, 1.54) is 12.8 Å². The fraction of sp³-hybridized carbons (Fsp3) is 0.583. The largest absolute Gasteiger partial charge is 0.384 e. The Kier molecular flexibility index (Phi) is 2.86. The van der Waals surface area contributed by atoms with Crippen LogP contribution in [0.1, 0.15) is 30.9 Å². The lowest BCUT2D eigenvalue weighted by atomic mass is 9.95. The first-order valence-electron chi connectivity index (χ1n) is 5.67. The van der Waals surface area contributed by atoms with Gasteiger partial charge in [0.2, 0.25) is 0 Å². The molecule has 1 fully saturated rings. The van der Waals surface area contributed by atoms with Crippen molar-refractivity contribution in [2.75, 3.05) is 12.3 Å². The van der Waals surface area contributed by atoms with Crippen molar-refractivity contribution in [3.05, 3.63) is 23.4 Å². The topological polar surface area (TPSA) is 71.2 Å². The Hall–Kier alpha value is -1.13. The number of nitrogen functional groups attached to an aromatic ring is 1. The maximum absolute atomic E-state index is 10.4. The molecule has 2 rings (SSSR count). The highest BCUT2D eigenvalue weighted by Crippen LogP contribution is 2.27. The first-order valence-corrected chi connectivity index (χ1v) is 5.67. The molecule has 1 aromatic heterocycles. The van der Waals surface area contributed by atoms with Gasteiger partial charge in [-0.3, -0.25) is 0 Å². The number of pyridine rings is 1. The Balaban J connectivity index is 2.15. The summed E-state index contributed by atoms with van der Waals surface area (Å²) < 4.78 is 0. The Morgan fingerprint density at radius 3 is 2.94 bits per heavy atom. The standard InChI is InChI=1S/C12H19N3O/c1-8-5-10(11(13)14-6-8)12(2,16)7-15-9-3-4-9/h5-6,9,15-16H,3-4,7H2,1-2H3,(H2,13,14). The number of aromatic nitrogens is 1. The molecule has 0 aromatic carbocycles. The number of rotatable bonds is 4. The highest BCUT2D eigenvalue weighted by Gasteiger charge is 2.29. The molecular formula is C12H19N3O. The van der Waals surface area contributed by atoms with Gasteiger partial charge in [0, 0.05) is 24.3 Å². The maximum atomic E-state index is 10.4. The molecule has 1 atom stereocenters. The van der Waals surface area contributed by atoms with E-state index in [1.807, 2.05) is 13.0 Å². The number of nitrogens with zero attached hydrogens (tertiary/aromatic N) is 1. The fourth-order valence-electron chi connectivity index (χ4n) is 1.74. The summed E-state index contributed by atoms with van der Waals surface area (Å²) in [5.74, 6) is 0.410. The van der Waals surface area contributed by atoms with Gasteiger partial charge in [0.1, 0.15) is 11.4 Å². The molecule has 1 unspecified atom stereocenters. The molecule has 1 aliphatic carbocycles. The lowest BCUT2D eigenvalue weighted by molar-refractivity contribution is 0.0570. The van der Waals surface area contributed by atoms with Crippen molar-refractivity contribution in [1.29, 1.82) is 0 Å². The zero-order valence-corrected chi connectivity index (χ0v) is 9.83. The van der Waals surface area contributed by atoms with Crippen molar-refractivity contribution in [2.45, 2.75) is 38.3 Å². The van der Waals surface area contributed by atoms with Crippen LogP contribution in [0.15, 0.2) is 12.3 Å². The van der Waals surface area contributed by atoms with Crippen LogP contribution in [-0.2, 0) is 5.60 Å². The molecular weight excluding hydrogens is 202 g/mol. The van der Waals surface area contributed by atoms with E-state index in [4.69, 9.17) is 5.73 Å². The van der Waals surface area contributed by atoms with Gasteiger partial charge in [-0.15, -0.1) is 0 Å². The van der Waals surface area contributed by atoms with E-state index >= 15 is 0 Å². The Bertz CT molecular complexity index is 386. The first-order chi connectivity index (χ1) is 7.49. The number of aryl methyl sites for hydroxylation is 1. The van der Waals surface area contributed by atoms with E-state index < -0.39 is 5.60 Å². The third-order valence-electron chi connectivity index (χ3n) is 2.95. The highest BCUT2D eigenvalue weighted by atomic mass is 16.3. The molecule has 1 aliphatic rings. The summed E-state index contributed by atoms with van der Waals surface area (Å²) in [6.07, 6.45) is 4.12. The molecule has 4 N–H and O–H groups in total. The number of nitrogens with one attached hydrogen (secondary N) is 1. The number of hydrogen-bond acceptors (Lipinski definition) is 4. The van der Waals surface area contributed by atoms with Crippen LogP contribution in [0.3, 0.4) is 0 Å². The molecule has 4 nitrogen and oxygen atoms in total. The van der Waals surface area contributed by atoms with Crippen LogP contribution in [0.4, 0.5) is 5.82 Å². The van der Waals surface area contributed by atoms with Gasteiger partial charge in [-0.05, 0) is 38.3 Å². The molecule has 16 heavy (non-hydrogen) atoms. The Labute approximate surface area is 95.9 Å². The third-order valence-corrected chi connectivity index (χ3v) is 2.95. The second kappa shape index (κ2) is 4.03. The zero-order valence-electron chi connectivity index (χ0n) is 9.83. The number of aliphatic hydroxyl groups is 1. The van der Waals surface area contributed by atoms with Gasteiger partial charge in [-0.2, -0.15) is 0 Å². The maximum Gasteiger partial charge on any atom is 0.129 e. The summed E-state index contributed by atoms with van der Waals surface area (Å²) in [5.41, 5.74) is 6.57. The summed E-state index contributed by atoms with van der Waals surface area (Å²) in [6.45, 7) is 4.24. The van der Waals surface area contributed by atoms with Gasteiger partial charge in [-0.25, -0.2) is 4.98 Å². The van der Waals surface area contributed by atoms with Gasteiger partial charge in [-0.1, -0.05) is 0 Å². The molecule has 0 radical (unpaired) electrons. The zero-order chi connectivity index (χ0) is 11.8. The molecule has 88 valence electrons. The van der Waals surface area contributed by atoms with E-state index in [0.717, 1.165) is 5.56 Å². The van der Waals surface area contributed by atoms with Crippen LogP contribution in [-0.4, -0.2) is 22.7 Å². The average Bonchev–Trinajstić information content (AvgIpc) is 3.02. The predicted molar refractivity (Wildman–Crippen MR) is 64.0 cm³/mol. The second-order valence-corrected chi connectivity index (χ2v) is 4.87. The van der Waals surface area contributed by atoms with Crippen LogP contribution < -0.4 is 11.1 Å². The van der Waals surface area contributed by atoms with Crippen LogP contribution in [0, 0.1) is 6.92 Å². The quantitative estimate of drug-likeness (QED) is 0.707. The normalized spacial score (nSPS) is 19.4. The monoisotopic (exact) mass is 221 g/mol. The highest BCUT2D eigenvalue weighted by molar-refractivity contribution is 5.44. The van der Waals surface area contributed by atoms with Crippen LogP contribution in [0.25, 0.3) is 0 Å². The molecule has 4 heteroatoms. The van der Waals surface area contributed by atoms with Gasteiger partial charge >= 0.3 is 0 Å². The molecule has 0 amide bonds. The SMILES string of the molecule is Cc1cnc(N)c(C(C)(O)CNC2CC2)c1. The minimum atomic E-state index is -0.953. The Morgan fingerprint density at radius 1 is 1.62 bits per heavy atom. The van der Waals surface area contributed by atoms with E-state index in [0.29, 0.717) is 24.0 Å². The van der Waals surface area contributed by atoms with Gasteiger partial charge in [0.05, 0.1) is 0 Å². The van der Waals surface area contributed by atoms with Crippen LogP contribution in [0.5, 0.6) is 0 Å². The van der Waals surface area contributed by atoms with Crippen molar-refractivity contribution in [3.8, 4) is 0 Å². The molecule has 0 aliphatic heterocycles. The van der Waals surface area contributed by atoms with Crippen molar-refractivity contribution < 1.29 is 5.11 Å². The van der Waals surface area contributed by atoms with Gasteiger partial charge in [0.15, 0.2) is 0 Å². The summed E-state index contributed by atoms with van der Waals surface area (Å²) in [5, 5.41) is 13.7. The number of hydrogen-bond donors (Lipinski definition) is 3. The summed E-state index contributed by atoms with van der Waals surface area (Å²) in [4.78, 5) is 4.08. The molecule has 1 aromatic rings. The third kappa shape index (κ3) is 2.51. The molecule has 0 bridgehead atoms. The van der Waals surface area contributed by atoms with Crippen molar-refractivity contribution >= 4 is 5.82 Å². The number of anilines is 1. The Morgan fingerprint density at radius 2 is 2.31 bits per heavy atom. The first kappa shape index (κ1) is 11.4. The average molecular weight is 221 g/mol. The van der Waals surface area contributed by atoms with Crippen molar-refractivity contribution in [1.82, 2.24) is 10.3 Å². The van der Waals surface area contributed by atoms with Gasteiger partial charge < -0.3 is 16.2 Å². The fourth-order valence-corrected chi connectivity index (χ4v) is 1.74. The minimum Gasteiger partial charge on any atom is -0.384 e. The predicted octanol–water partition coefficient (Wildman–Crippen LogP) is 0.932. The van der Waals surface area contributed by atoms with E-state index in [1.54, 1.807) is 13.1 Å². The molecule has 0 spiro atoms. The lowest BCUT2D eigenvalue weighted by Gasteiger charge is -2.25. The smallest absolute Gasteiger partial charge is 0.129 e. The minimum absolute atomic E-state index is 0.410. The summed E-state index contributed by atoms with van der Waals surface area (Å²) in [6, 6.07) is 2.47. The summed E-state index contributed by atoms with van der Waals surface area (Å²) in [7, 11) is 0. The second-order valence-electron chi connectivity index (χ2n) is 4.87. The molecule has 1 saturated carbocycles. The molecule has 1 heterocycles. The summed E-state index contributed by atoms with van der Waals surface area (Å²) >= 11 is 0. The number of nitrogens with two attached hydrogens (primary N) is 1. The van der Waals surface area contributed by atoms with Crippen molar-refractivity contribution in [2.24, 2.45) is 0 Å².